The van der Waals surface area contributed by atoms with Crippen molar-refractivity contribution in [3.63, 3.8) is 0 Å². The van der Waals surface area contributed by atoms with Gasteiger partial charge in [-0.15, -0.1) is 0 Å². The topological polar surface area (TPSA) is 29.5 Å². The lowest BCUT2D eigenvalue weighted by Crippen LogP contribution is -2.57. The fourth-order valence-corrected chi connectivity index (χ4v) is 12.7. The molecule has 0 aromatic heterocycles. The Morgan fingerprint density at radius 1 is 0.848 bits per heavy atom. The molecule has 2 aromatic rings. The van der Waals surface area contributed by atoms with E-state index < -0.39 is 13.7 Å². The average molecular weight is 462 g/mol. The molecule has 33 heavy (non-hydrogen) atoms. The van der Waals surface area contributed by atoms with Gasteiger partial charge in [0.25, 0.3) is 0 Å². The summed E-state index contributed by atoms with van der Waals surface area (Å²) in [6.45, 7) is 16.3. The van der Waals surface area contributed by atoms with Gasteiger partial charge in [-0.3, -0.25) is 0 Å². The third-order valence-electron chi connectivity index (χ3n) is 7.35. The van der Waals surface area contributed by atoms with Gasteiger partial charge < -0.3 is 9.30 Å². The Bertz CT molecular complexity index is 932. The molecule has 2 aromatic carbocycles. The maximum Gasteiger partial charge on any atom is 0.337 e. The molecule has 1 heterocycles. The largest absolute Gasteiger partial charge is 0.463 e. The van der Waals surface area contributed by atoms with Gasteiger partial charge in [-0.1, -0.05) is 102 Å². The second-order valence-electron chi connectivity index (χ2n) is 9.88. The Balaban J connectivity index is 2.33. The van der Waals surface area contributed by atoms with Crippen LogP contribution in [0.15, 0.2) is 84.7 Å². The van der Waals surface area contributed by atoms with Crippen molar-refractivity contribution >= 4 is 14.2 Å². The molecule has 0 amide bonds. The summed E-state index contributed by atoms with van der Waals surface area (Å²) < 4.78 is 8.10. The fourth-order valence-electron chi connectivity index (χ4n) is 6.20. The molecule has 0 saturated heterocycles. The number of rotatable bonds is 8. The number of carbonyl (C=O) groups excluding carboxylic acids is 1. The molecule has 4 heteroatoms. The number of esters is 1. The van der Waals surface area contributed by atoms with Gasteiger partial charge in [-0.2, -0.15) is 0 Å². The van der Waals surface area contributed by atoms with Gasteiger partial charge in [0.1, 0.15) is 0 Å². The van der Waals surface area contributed by atoms with E-state index in [-0.39, 0.29) is 5.97 Å². The number of allylic oxidation sites excluding steroid dienone is 1. The van der Waals surface area contributed by atoms with E-state index in [1.165, 1.54) is 0 Å². The van der Waals surface area contributed by atoms with Gasteiger partial charge in [-0.25, -0.2) is 4.79 Å². The molecule has 0 aliphatic carbocycles. The number of carbonyl (C=O) groups is 1. The average Bonchev–Trinajstić information content (AvgIpc) is 2.80. The van der Waals surface area contributed by atoms with Crippen LogP contribution < -0.4 is 0 Å². The molecule has 0 atom stereocenters. The van der Waals surface area contributed by atoms with Crippen LogP contribution in [0.4, 0.5) is 0 Å². The molecular weight excluding hydrogens is 422 g/mol. The van der Waals surface area contributed by atoms with Crippen LogP contribution in [-0.4, -0.2) is 25.4 Å². The van der Waals surface area contributed by atoms with Crippen LogP contribution in [0.5, 0.6) is 0 Å². The third-order valence-corrected chi connectivity index (χ3v) is 14.1. The summed E-state index contributed by atoms with van der Waals surface area (Å²) in [5.41, 5.74) is 3.67. The van der Waals surface area contributed by atoms with Crippen LogP contribution in [0.1, 0.15) is 59.6 Å². The van der Waals surface area contributed by atoms with E-state index in [0.717, 1.165) is 11.1 Å². The quantitative estimate of drug-likeness (QED) is 0.302. The van der Waals surface area contributed by atoms with E-state index in [9.17, 15) is 4.79 Å². The monoisotopic (exact) mass is 461 g/mol. The zero-order valence-electron chi connectivity index (χ0n) is 21.2. The Morgan fingerprint density at radius 2 is 1.30 bits per heavy atom. The van der Waals surface area contributed by atoms with Gasteiger partial charge >= 0.3 is 5.97 Å². The molecule has 1 aliphatic rings. The van der Waals surface area contributed by atoms with Crippen LogP contribution >= 0.6 is 0 Å². The highest BCUT2D eigenvalue weighted by molar-refractivity contribution is 6.81. The van der Waals surface area contributed by atoms with E-state index in [1.54, 1.807) is 0 Å². The first-order chi connectivity index (χ1) is 15.7. The van der Waals surface area contributed by atoms with Crippen LogP contribution in [0.2, 0.25) is 16.6 Å². The molecule has 0 saturated carbocycles. The van der Waals surface area contributed by atoms with Crippen LogP contribution in [0.25, 0.3) is 0 Å². The van der Waals surface area contributed by atoms with E-state index in [4.69, 9.17) is 4.74 Å². The van der Waals surface area contributed by atoms with E-state index in [2.05, 4.69) is 88.8 Å². The highest BCUT2D eigenvalue weighted by atomic mass is 28.3. The molecule has 176 valence electrons. The summed E-state index contributed by atoms with van der Waals surface area (Å²) in [4.78, 5) is 13.6. The molecule has 0 spiro atoms. The summed E-state index contributed by atoms with van der Waals surface area (Å²) in [5.74, 6) is -0.251. The molecule has 0 bridgehead atoms. The van der Waals surface area contributed by atoms with Crippen LogP contribution in [0, 0.1) is 0 Å². The van der Waals surface area contributed by atoms with Crippen molar-refractivity contribution in [2.45, 2.75) is 70.5 Å². The second kappa shape index (κ2) is 10.1. The molecular formula is C29H39NO2Si. The van der Waals surface area contributed by atoms with Gasteiger partial charge in [0.2, 0.25) is 0 Å². The van der Waals surface area contributed by atoms with Crippen molar-refractivity contribution in [2.24, 2.45) is 0 Å². The fraction of sp³-hybridized carbons (Fsp3) is 0.414. The SMILES string of the molecule is CCOC(=O)C1=CN([Si](C(C)C)(C(C)C)C(C)C)C=CC1(c1ccccc1)c1ccccc1. The Morgan fingerprint density at radius 3 is 1.70 bits per heavy atom. The molecule has 0 unspecified atom stereocenters. The standard InChI is InChI=1S/C29H39NO2Si/c1-8-32-28(31)27-21-30(33(22(2)3,23(4)5)24(6)7)20-19-29(27,25-15-11-9-12-16-25)26-17-13-10-14-18-26/h9-24H,8H2,1-7H3. The zero-order chi connectivity index (χ0) is 24.2. The predicted octanol–water partition coefficient (Wildman–Crippen LogP) is 7.42. The Labute approximate surface area is 201 Å². The molecule has 1 aliphatic heterocycles. The minimum atomic E-state index is -2.04. The number of ether oxygens (including phenoxy) is 1. The lowest BCUT2D eigenvalue weighted by atomic mass is 9.68. The Hall–Kier alpha value is -2.59. The molecule has 0 radical (unpaired) electrons. The summed E-state index contributed by atoms with van der Waals surface area (Å²) in [6, 6.07) is 20.6. The number of nitrogens with zero attached hydrogens (tertiary/aromatic N) is 1. The maximum absolute atomic E-state index is 13.6. The first-order valence-electron chi connectivity index (χ1n) is 12.2. The van der Waals surface area contributed by atoms with Gasteiger partial charge in [0.15, 0.2) is 8.24 Å². The van der Waals surface area contributed by atoms with Crippen molar-refractivity contribution in [3.8, 4) is 0 Å². The molecule has 0 N–H and O–H groups in total. The minimum Gasteiger partial charge on any atom is -0.463 e. The third kappa shape index (κ3) is 4.21. The summed E-state index contributed by atoms with van der Waals surface area (Å²) in [7, 11) is -2.04. The summed E-state index contributed by atoms with van der Waals surface area (Å²) in [5, 5.41) is 0. The predicted molar refractivity (Wildman–Crippen MR) is 140 cm³/mol. The lowest BCUT2D eigenvalue weighted by molar-refractivity contribution is -0.139. The van der Waals surface area contributed by atoms with Crippen molar-refractivity contribution in [1.29, 1.82) is 0 Å². The van der Waals surface area contributed by atoms with Crippen molar-refractivity contribution in [2.75, 3.05) is 6.61 Å². The highest BCUT2D eigenvalue weighted by Gasteiger charge is 2.50. The summed E-state index contributed by atoms with van der Waals surface area (Å²) in [6.07, 6.45) is 6.62. The highest BCUT2D eigenvalue weighted by Crippen LogP contribution is 2.49. The van der Waals surface area contributed by atoms with Crippen molar-refractivity contribution < 1.29 is 9.53 Å². The summed E-state index contributed by atoms with van der Waals surface area (Å²) >= 11 is 0. The zero-order valence-corrected chi connectivity index (χ0v) is 22.2. The van der Waals surface area contributed by atoms with Crippen molar-refractivity contribution in [3.05, 3.63) is 95.8 Å². The normalized spacial score (nSPS) is 15.8. The maximum atomic E-state index is 13.6. The second-order valence-corrected chi connectivity index (χ2v) is 15.6. The minimum absolute atomic E-state index is 0.251. The van der Waals surface area contributed by atoms with Crippen molar-refractivity contribution in [1.82, 2.24) is 4.57 Å². The van der Waals surface area contributed by atoms with Gasteiger partial charge in [0, 0.05) is 6.20 Å². The number of hydrogen-bond donors (Lipinski definition) is 0. The van der Waals surface area contributed by atoms with E-state index in [0.29, 0.717) is 28.8 Å². The molecule has 0 fully saturated rings. The van der Waals surface area contributed by atoms with Crippen LogP contribution in [0.3, 0.4) is 0 Å². The van der Waals surface area contributed by atoms with Gasteiger partial charge in [0.05, 0.1) is 17.6 Å². The number of benzene rings is 2. The smallest absolute Gasteiger partial charge is 0.337 e. The molecule has 3 nitrogen and oxygen atoms in total. The van der Waals surface area contributed by atoms with E-state index >= 15 is 0 Å². The van der Waals surface area contributed by atoms with Crippen LogP contribution in [-0.2, 0) is 14.9 Å². The lowest BCUT2D eigenvalue weighted by Gasteiger charge is -2.51. The first kappa shape index (κ1) is 25.0. The molecule has 3 rings (SSSR count). The Kier molecular flexibility index (Phi) is 7.68. The van der Waals surface area contributed by atoms with Gasteiger partial charge in [-0.05, 0) is 47.0 Å². The first-order valence-corrected chi connectivity index (χ1v) is 14.4. The van der Waals surface area contributed by atoms with E-state index in [1.807, 2.05) is 43.3 Å². The number of hydrogen-bond acceptors (Lipinski definition) is 3.